The summed E-state index contributed by atoms with van der Waals surface area (Å²) in [4.78, 5) is 20.3. The summed E-state index contributed by atoms with van der Waals surface area (Å²) in [5.41, 5.74) is 0.195. The predicted octanol–water partition coefficient (Wildman–Crippen LogP) is 2.97. The molecule has 1 fully saturated rings. The Kier molecular flexibility index (Phi) is 11.6. The van der Waals surface area contributed by atoms with Gasteiger partial charge in [-0.3, -0.25) is 14.7 Å². The topological polar surface area (TPSA) is 60.0 Å². The maximum Gasteiger partial charge on any atom is 0.416 e. The second kappa shape index (κ2) is 13.1. The maximum atomic E-state index is 12.6. The van der Waals surface area contributed by atoms with Crippen LogP contribution in [0.1, 0.15) is 30.4 Å². The molecule has 6 nitrogen and oxygen atoms in total. The number of carbonyl (C=O) groups is 1. The molecule has 2 N–H and O–H groups in total. The quantitative estimate of drug-likeness (QED) is 0.224. The van der Waals surface area contributed by atoms with Crippen LogP contribution in [0.2, 0.25) is 0 Å². The zero-order chi connectivity index (χ0) is 22.1. The Balaban J connectivity index is 0.00000480. The van der Waals surface area contributed by atoms with E-state index in [1.165, 1.54) is 12.1 Å². The number of amides is 1. The number of likely N-dealkylation sites (N-methyl/N-ethyl adjacent to an activating group) is 1. The Labute approximate surface area is 199 Å². The molecule has 0 aliphatic carbocycles. The van der Waals surface area contributed by atoms with Crippen LogP contribution in [0.25, 0.3) is 0 Å². The molecule has 1 aliphatic heterocycles. The van der Waals surface area contributed by atoms with Gasteiger partial charge < -0.3 is 15.5 Å². The van der Waals surface area contributed by atoms with Crippen molar-refractivity contribution in [1.82, 2.24) is 20.4 Å². The molecule has 1 atom stereocenters. The van der Waals surface area contributed by atoms with E-state index in [0.29, 0.717) is 18.9 Å². The number of hydrogen-bond donors (Lipinski definition) is 2. The highest BCUT2D eigenvalue weighted by Gasteiger charge is 2.31. The molecule has 1 heterocycles. The summed E-state index contributed by atoms with van der Waals surface area (Å²) in [5, 5.41) is 6.42. The van der Waals surface area contributed by atoms with Gasteiger partial charge in [0.05, 0.1) is 11.6 Å². The largest absolute Gasteiger partial charge is 0.416 e. The van der Waals surface area contributed by atoms with Gasteiger partial charge >= 0.3 is 6.18 Å². The lowest BCUT2D eigenvalue weighted by Crippen LogP contribution is -2.44. The van der Waals surface area contributed by atoms with Gasteiger partial charge in [0, 0.05) is 40.8 Å². The van der Waals surface area contributed by atoms with Gasteiger partial charge in [-0.15, -0.1) is 24.0 Å². The number of halogens is 4. The molecule has 10 heteroatoms. The van der Waals surface area contributed by atoms with Crippen molar-refractivity contribution in [2.45, 2.75) is 37.9 Å². The lowest BCUT2D eigenvalue weighted by atomic mass is 10.1. The van der Waals surface area contributed by atoms with Gasteiger partial charge in [-0.25, -0.2) is 0 Å². The molecular weight excluding hydrogens is 522 g/mol. The fourth-order valence-electron chi connectivity index (χ4n) is 3.57. The lowest BCUT2D eigenvalue weighted by Gasteiger charge is -2.26. The summed E-state index contributed by atoms with van der Waals surface area (Å²) >= 11 is 0. The fourth-order valence-corrected chi connectivity index (χ4v) is 3.57. The number of nitrogens with one attached hydrogen (secondary N) is 2. The van der Waals surface area contributed by atoms with Gasteiger partial charge in [-0.2, -0.15) is 13.2 Å². The molecule has 1 aliphatic rings. The second-order valence-electron chi connectivity index (χ2n) is 7.65. The van der Waals surface area contributed by atoms with Gasteiger partial charge in [-0.1, -0.05) is 12.1 Å². The van der Waals surface area contributed by atoms with Gasteiger partial charge in [0.1, 0.15) is 0 Å². The van der Waals surface area contributed by atoms with Crippen molar-refractivity contribution in [2.24, 2.45) is 4.99 Å². The third-order valence-corrected chi connectivity index (χ3v) is 5.22. The number of guanidine groups is 1. The van der Waals surface area contributed by atoms with Crippen LogP contribution in [-0.4, -0.2) is 75.0 Å². The summed E-state index contributed by atoms with van der Waals surface area (Å²) in [6, 6.07) is 5.20. The Hall–Kier alpha value is -1.56. The van der Waals surface area contributed by atoms with E-state index in [1.54, 1.807) is 26.0 Å². The van der Waals surface area contributed by atoms with E-state index in [9.17, 15) is 18.0 Å². The van der Waals surface area contributed by atoms with Crippen molar-refractivity contribution < 1.29 is 18.0 Å². The zero-order valence-corrected chi connectivity index (χ0v) is 20.7. The number of carbonyl (C=O) groups excluding carboxylic acids is 1. The number of hydrogen-bond acceptors (Lipinski definition) is 3. The van der Waals surface area contributed by atoms with E-state index < -0.39 is 11.7 Å². The molecule has 0 aromatic heterocycles. The third kappa shape index (κ3) is 8.83. The maximum absolute atomic E-state index is 12.6. The van der Waals surface area contributed by atoms with E-state index in [0.717, 1.165) is 56.6 Å². The molecule has 176 valence electrons. The van der Waals surface area contributed by atoms with Gasteiger partial charge in [0.15, 0.2) is 5.96 Å². The Morgan fingerprint density at radius 1 is 1.19 bits per heavy atom. The summed E-state index contributed by atoms with van der Waals surface area (Å²) in [5.74, 6) is 0.824. The van der Waals surface area contributed by atoms with Crippen LogP contribution in [0.3, 0.4) is 0 Å². The highest BCUT2D eigenvalue weighted by Crippen LogP contribution is 2.29. The lowest BCUT2D eigenvalue weighted by molar-refractivity contribution is -0.137. The highest BCUT2D eigenvalue weighted by molar-refractivity contribution is 14.0. The summed E-state index contributed by atoms with van der Waals surface area (Å²) in [6.45, 7) is 3.08. The van der Waals surface area contributed by atoms with Crippen LogP contribution in [0.5, 0.6) is 0 Å². The van der Waals surface area contributed by atoms with Crippen molar-refractivity contribution in [3.8, 4) is 0 Å². The minimum Gasteiger partial charge on any atom is -0.356 e. The van der Waals surface area contributed by atoms with Crippen LogP contribution in [0, 0.1) is 0 Å². The van der Waals surface area contributed by atoms with E-state index in [2.05, 4.69) is 20.5 Å². The average molecular weight is 555 g/mol. The standard InChI is InChI=1S/C21H32F3N5O.HI/c1-25-20(27-13-11-16-7-9-17(10-8-16)21(22,23)24)26-12-5-15-29-14-4-6-18(29)19(30)28(2)3;/h7-10,18H,4-6,11-15H2,1-3H3,(H2,25,26,27);1H. The molecular formula is C21H33F3IN5O. The van der Waals surface area contributed by atoms with Gasteiger partial charge in [0.2, 0.25) is 5.91 Å². The number of alkyl halides is 3. The van der Waals surface area contributed by atoms with Crippen molar-refractivity contribution in [3.05, 3.63) is 35.4 Å². The molecule has 1 aromatic carbocycles. The molecule has 1 amide bonds. The van der Waals surface area contributed by atoms with E-state index in [-0.39, 0.29) is 35.9 Å². The van der Waals surface area contributed by atoms with Crippen LogP contribution in [-0.2, 0) is 17.4 Å². The monoisotopic (exact) mass is 555 g/mol. The van der Waals surface area contributed by atoms with Crippen molar-refractivity contribution >= 4 is 35.8 Å². The first-order chi connectivity index (χ1) is 14.2. The van der Waals surface area contributed by atoms with Crippen LogP contribution in [0.15, 0.2) is 29.3 Å². The van der Waals surface area contributed by atoms with Crippen molar-refractivity contribution in [1.29, 1.82) is 0 Å². The first kappa shape index (κ1) is 27.5. The minimum absolute atomic E-state index is 0. The first-order valence-electron chi connectivity index (χ1n) is 10.3. The summed E-state index contributed by atoms with van der Waals surface area (Å²) in [7, 11) is 5.27. The molecule has 0 saturated carbocycles. The number of likely N-dealkylation sites (tertiary alicyclic amines) is 1. The molecule has 1 unspecified atom stereocenters. The number of aliphatic imine (C=N–C) groups is 1. The SMILES string of the molecule is CN=C(NCCCN1CCCC1C(=O)N(C)C)NCCc1ccc(C(F)(F)F)cc1.I. The predicted molar refractivity (Wildman–Crippen MR) is 128 cm³/mol. The Morgan fingerprint density at radius 3 is 2.42 bits per heavy atom. The average Bonchev–Trinajstić information content (AvgIpc) is 3.17. The number of nitrogens with zero attached hydrogens (tertiary/aromatic N) is 3. The second-order valence-corrected chi connectivity index (χ2v) is 7.65. The first-order valence-corrected chi connectivity index (χ1v) is 10.3. The molecule has 0 bridgehead atoms. The van der Waals surface area contributed by atoms with Crippen LogP contribution < -0.4 is 10.6 Å². The molecule has 1 saturated heterocycles. The number of benzene rings is 1. The minimum atomic E-state index is -4.31. The summed E-state index contributed by atoms with van der Waals surface area (Å²) in [6.07, 6.45) is -0.863. The van der Waals surface area contributed by atoms with E-state index in [1.807, 2.05) is 0 Å². The molecule has 2 rings (SSSR count). The fraction of sp³-hybridized carbons (Fsp3) is 0.619. The van der Waals surface area contributed by atoms with Gasteiger partial charge in [-0.05, 0) is 49.9 Å². The normalized spacial score (nSPS) is 17.2. The number of rotatable bonds is 8. The van der Waals surface area contributed by atoms with Crippen LogP contribution >= 0.6 is 24.0 Å². The third-order valence-electron chi connectivity index (χ3n) is 5.22. The van der Waals surface area contributed by atoms with Crippen molar-refractivity contribution in [2.75, 3.05) is 47.3 Å². The zero-order valence-electron chi connectivity index (χ0n) is 18.3. The van der Waals surface area contributed by atoms with Crippen LogP contribution in [0.4, 0.5) is 13.2 Å². The van der Waals surface area contributed by atoms with Crippen molar-refractivity contribution in [3.63, 3.8) is 0 Å². The Morgan fingerprint density at radius 2 is 1.84 bits per heavy atom. The Bertz CT molecular complexity index is 710. The molecule has 0 radical (unpaired) electrons. The molecule has 1 aromatic rings. The molecule has 0 spiro atoms. The highest BCUT2D eigenvalue weighted by atomic mass is 127. The van der Waals surface area contributed by atoms with E-state index >= 15 is 0 Å². The smallest absolute Gasteiger partial charge is 0.356 e. The molecule has 31 heavy (non-hydrogen) atoms. The van der Waals surface area contributed by atoms with Gasteiger partial charge in [0.25, 0.3) is 0 Å². The summed E-state index contributed by atoms with van der Waals surface area (Å²) < 4.78 is 37.8. The van der Waals surface area contributed by atoms with E-state index in [4.69, 9.17) is 0 Å².